The van der Waals surface area contributed by atoms with Crippen molar-refractivity contribution in [2.45, 2.75) is 19.8 Å². The molecule has 3 rings (SSSR count). The standard InChI is InChI=1S/C18H15Cl2NO2/c1-11(22)13-5-4-12-3-2-8-21(17(12)10-13)18(23)14-6-7-15(19)16(20)9-14/h4-7,9-10H,2-3,8H2,1H3. The van der Waals surface area contributed by atoms with E-state index < -0.39 is 0 Å². The summed E-state index contributed by atoms with van der Waals surface area (Å²) in [5, 5.41) is 0.772. The van der Waals surface area contributed by atoms with E-state index in [1.54, 1.807) is 29.2 Å². The first kappa shape index (κ1) is 16.0. The van der Waals surface area contributed by atoms with Crippen LogP contribution in [0.15, 0.2) is 36.4 Å². The van der Waals surface area contributed by atoms with E-state index in [-0.39, 0.29) is 11.7 Å². The number of rotatable bonds is 2. The molecule has 3 nitrogen and oxygen atoms in total. The molecule has 0 saturated heterocycles. The van der Waals surface area contributed by atoms with Crippen molar-refractivity contribution in [3.63, 3.8) is 0 Å². The Kier molecular flexibility index (Phi) is 4.42. The van der Waals surface area contributed by atoms with Crippen LogP contribution in [0.1, 0.15) is 39.6 Å². The first-order valence-corrected chi connectivity index (χ1v) is 8.14. The quantitative estimate of drug-likeness (QED) is 0.732. The number of halogens is 2. The zero-order valence-electron chi connectivity index (χ0n) is 12.6. The maximum atomic E-state index is 12.8. The van der Waals surface area contributed by atoms with Crippen molar-refractivity contribution >= 4 is 40.6 Å². The molecule has 1 aliphatic heterocycles. The lowest BCUT2D eigenvalue weighted by atomic mass is 9.97. The number of Topliss-reactive ketones (excluding diaryl/α,β-unsaturated/α-hetero) is 1. The van der Waals surface area contributed by atoms with Crippen LogP contribution in [-0.4, -0.2) is 18.2 Å². The van der Waals surface area contributed by atoms with Gasteiger partial charge in [-0.1, -0.05) is 35.3 Å². The molecule has 0 saturated carbocycles. The molecular weight excluding hydrogens is 333 g/mol. The Morgan fingerprint density at radius 3 is 2.43 bits per heavy atom. The molecule has 23 heavy (non-hydrogen) atoms. The van der Waals surface area contributed by atoms with Gasteiger partial charge in [-0.2, -0.15) is 0 Å². The lowest BCUT2D eigenvalue weighted by Gasteiger charge is -2.30. The Labute approximate surface area is 144 Å². The topological polar surface area (TPSA) is 37.4 Å². The van der Waals surface area contributed by atoms with Crippen molar-refractivity contribution in [2.75, 3.05) is 11.4 Å². The first-order chi connectivity index (χ1) is 11.0. The molecule has 1 heterocycles. The SMILES string of the molecule is CC(=O)c1ccc2c(c1)N(C(=O)c1ccc(Cl)c(Cl)c1)CCC2. The Morgan fingerprint density at radius 2 is 1.74 bits per heavy atom. The highest BCUT2D eigenvalue weighted by molar-refractivity contribution is 6.42. The minimum Gasteiger partial charge on any atom is -0.308 e. The monoisotopic (exact) mass is 347 g/mol. The smallest absolute Gasteiger partial charge is 0.258 e. The molecule has 0 bridgehead atoms. The lowest BCUT2D eigenvalue weighted by Crippen LogP contribution is -2.35. The normalized spacial score (nSPS) is 13.6. The van der Waals surface area contributed by atoms with E-state index in [1.165, 1.54) is 6.92 Å². The largest absolute Gasteiger partial charge is 0.308 e. The zero-order valence-corrected chi connectivity index (χ0v) is 14.1. The van der Waals surface area contributed by atoms with Crippen LogP contribution < -0.4 is 4.90 Å². The highest BCUT2D eigenvalue weighted by Crippen LogP contribution is 2.31. The number of fused-ring (bicyclic) bond motifs is 1. The minimum absolute atomic E-state index is 0.0136. The molecule has 0 atom stereocenters. The van der Waals surface area contributed by atoms with Crippen molar-refractivity contribution < 1.29 is 9.59 Å². The van der Waals surface area contributed by atoms with Gasteiger partial charge in [-0.05, 0) is 49.6 Å². The summed E-state index contributed by atoms with van der Waals surface area (Å²) in [6.45, 7) is 2.14. The molecule has 0 spiro atoms. The fourth-order valence-corrected chi connectivity index (χ4v) is 3.09. The molecule has 5 heteroatoms. The van der Waals surface area contributed by atoms with Gasteiger partial charge in [0, 0.05) is 23.4 Å². The van der Waals surface area contributed by atoms with Crippen LogP contribution in [0.4, 0.5) is 5.69 Å². The van der Waals surface area contributed by atoms with E-state index in [4.69, 9.17) is 23.2 Å². The van der Waals surface area contributed by atoms with E-state index in [1.807, 2.05) is 12.1 Å². The predicted octanol–water partition coefficient (Wildman–Crippen LogP) is 4.79. The molecule has 2 aromatic rings. The number of amides is 1. The fourth-order valence-electron chi connectivity index (χ4n) is 2.79. The van der Waals surface area contributed by atoms with Gasteiger partial charge in [-0.3, -0.25) is 9.59 Å². The van der Waals surface area contributed by atoms with E-state index in [2.05, 4.69) is 0 Å². The molecular formula is C18H15Cl2NO2. The number of hydrogen-bond donors (Lipinski definition) is 0. The minimum atomic E-state index is -0.134. The van der Waals surface area contributed by atoms with Crippen LogP contribution in [0.3, 0.4) is 0 Å². The van der Waals surface area contributed by atoms with Crippen LogP contribution in [0.2, 0.25) is 10.0 Å². The van der Waals surface area contributed by atoms with Crippen molar-refractivity contribution in [3.05, 3.63) is 63.1 Å². The average molecular weight is 348 g/mol. The molecule has 0 unspecified atom stereocenters. The summed E-state index contributed by atoms with van der Waals surface area (Å²) in [5.74, 6) is -0.148. The summed E-state index contributed by atoms with van der Waals surface area (Å²) in [4.78, 5) is 26.2. The number of aryl methyl sites for hydroxylation is 1. The molecule has 0 radical (unpaired) electrons. The van der Waals surface area contributed by atoms with Crippen LogP contribution in [-0.2, 0) is 6.42 Å². The fraction of sp³-hybridized carbons (Fsp3) is 0.222. The Morgan fingerprint density at radius 1 is 1.00 bits per heavy atom. The molecule has 1 amide bonds. The van der Waals surface area contributed by atoms with E-state index >= 15 is 0 Å². The van der Waals surface area contributed by atoms with Gasteiger partial charge in [0.1, 0.15) is 0 Å². The number of anilines is 1. The van der Waals surface area contributed by atoms with E-state index in [0.717, 1.165) is 24.1 Å². The molecule has 2 aromatic carbocycles. The molecule has 0 N–H and O–H groups in total. The van der Waals surface area contributed by atoms with Crippen molar-refractivity contribution in [3.8, 4) is 0 Å². The second-order valence-corrected chi connectivity index (χ2v) is 6.40. The number of hydrogen-bond acceptors (Lipinski definition) is 2. The summed E-state index contributed by atoms with van der Waals surface area (Å²) < 4.78 is 0. The van der Waals surface area contributed by atoms with Crippen molar-refractivity contribution in [2.24, 2.45) is 0 Å². The molecule has 118 valence electrons. The summed E-state index contributed by atoms with van der Waals surface area (Å²) in [6.07, 6.45) is 1.79. The van der Waals surface area contributed by atoms with Gasteiger partial charge in [-0.15, -0.1) is 0 Å². The van der Waals surface area contributed by atoms with E-state index in [0.29, 0.717) is 27.7 Å². The average Bonchev–Trinajstić information content (AvgIpc) is 2.55. The van der Waals surface area contributed by atoms with Gasteiger partial charge in [0.05, 0.1) is 10.0 Å². The third kappa shape index (κ3) is 3.12. The first-order valence-electron chi connectivity index (χ1n) is 7.38. The van der Waals surface area contributed by atoms with Gasteiger partial charge in [-0.25, -0.2) is 0 Å². The van der Waals surface area contributed by atoms with Crippen LogP contribution in [0.5, 0.6) is 0 Å². The maximum Gasteiger partial charge on any atom is 0.258 e. The van der Waals surface area contributed by atoms with Gasteiger partial charge in [0.15, 0.2) is 5.78 Å². The summed E-state index contributed by atoms with van der Waals surface area (Å²) in [5.41, 5.74) is 2.98. The van der Waals surface area contributed by atoms with Gasteiger partial charge >= 0.3 is 0 Å². The highest BCUT2D eigenvalue weighted by atomic mass is 35.5. The van der Waals surface area contributed by atoms with Gasteiger partial charge in [0.2, 0.25) is 0 Å². The number of nitrogens with zero attached hydrogens (tertiary/aromatic N) is 1. The Hall–Kier alpha value is -1.84. The maximum absolute atomic E-state index is 12.8. The molecule has 0 aromatic heterocycles. The van der Waals surface area contributed by atoms with Gasteiger partial charge in [0.25, 0.3) is 5.91 Å². The van der Waals surface area contributed by atoms with Gasteiger partial charge < -0.3 is 4.90 Å². The number of carbonyl (C=O) groups excluding carboxylic acids is 2. The summed E-state index contributed by atoms with van der Waals surface area (Å²) in [7, 11) is 0. The lowest BCUT2D eigenvalue weighted by molar-refractivity contribution is 0.0981. The van der Waals surface area contributed by atoms with Crippen LogP contribution >= 0.6 is 23.2 Å². The second-order valence-electron chi connectivity index (χ2n) is 5.59. The second kappa shape index (κ2) is 6.34. The third-order valence-electron chi connectivity index (χ3n) is 4.02. The highest BCUT2D eigenvalue weighted by Gasteiger charge is 2.24. The molecule has 1 aliphatic rings. The van der Waals surface area contributed by atoms with Crippen molar-refractivity contribution in [1.82, 2.24) is 0 Å². The summed E-state index contributed by atoms with van der Waals surface area (Å²) in [6, 6.07) is 10.4. The number of carbonyl (C=O) groups is 2. The molecule has 0 aliphatic carbocycles. The van der Waals surface area contributed by atoms with E-state index in [9.17, 15) is 9.59 Å². The number of benzene rings is 2. The van der Waals surface area contributed by atoms with Crippen LogP contribution in [0.25, 0.3) is 0 Å². The van der Waals surface area contributed by atoms with Crippen LogP contribution in [0, 0.1) is 0 Å². The number of ketones is 1. The Bertz CT molecular complexity index is 802. The summed E-state index contributed by atoms with van der Waals surface area (Å²) >= 11 is 11.9. The third-order valence-corrected chi connectivity index (χ3v) is 4.76. The zero-order chi connectivity index (χ0) is 16.6. The van der Waals surface area contributed by atoms with Crippen molar-refractivity contribution in [1.29, 1.82) is 0 Å². The Balaban J connectivity index is 2.01. The predicted molar refractivity (Wildman–Crippen MR) is 92.9 cm³/mol. The molecule has 0 fully saturated rings.